The van der Waals surface area contributed by atoms with Crippen LogP contribution in [-0.2, 0) is 11.2 Å². The van der Waals surface area contributed by atoms with E-state index in [4.69, 9.17) is 0 Å². The summed E-state index contributed by atoms with van der Waals surface area (Å²) in [6, 6.07) is 2.10. The molecule has 1 aliphatic heterocycles. The normalized spacial score (nSPS) is 19.7. The van der Waals surface area contributed by atoms with Crippen molar-refractivity contribution >= 4 is 29.0 Å². The van der Waals surface area contributed by atoms with Gasteiger partial charge in [-0.2, -0.15) is 11.3 Å². The molecule has 3 rings (SSSR count). The number of amides is 1. The Morgan fingerprint density at radius 3 is 3.22 bits per heavy atom. The van der Waals surface area contributed by atoms with Gasteiger partial charge in [0.1, 0.15) is 5.37 Å². The molecule has 2 aromatic rings. The van der Waals surface area contributed by atoms with Gasteiger partial charge in [0.15, 0.2) is 0 Å². The number of carbonyl (C=O) groups is 1. The van der Waals surface area contributed by atoms with Crippen LogP contribution in [0.15, 0.2) is 29.4 Å². The zero-order chi connectivity index (χ0) is 12.4. The van der Waals surface area contributed by atoms with Crippen molar-refractivity contribution in [1.82, 2.24) is 14.9 Å². The number of nitrogens with zero attached hydrogens (tertiary/aromatic N) is 2. The molecular formula is C12H13N3OS2. The number of thiophene rings is 1. The van der Waals surface area contributed by atoms with Crippen LogP contribution in [0, 0.1) is 0 Å². The number of imidazole rings is 1. The summed E-state index contributed by atoms with van der Waals surface area (Å²) in [5, 5.41) is 4.37. The van der Waals surface area contributed by atoms with Gasteiger partial charge in [0.05, 0.1) is 12.1 Å². The molecule has 1 atom stereocenters. The third kappa shape index (κ3) is 2.30. The summed E-state index contributed by atoms with van der Waals surface area (Å²) in [5.74, 6) is 0.819. The van der Waals surface area contributed by atoms with E-state index in [0.29, 0.717) is 5.75 Å². The molecule has 1 aliphatic rings. The lowest BCUT2D eigenvalue weighted by atomic mass is 10.2. The van der Waals surface area contributed by atoms with E-state index in [-0.39, 0.29) is 11.3 Å². The smallest absolute Gasteiger partial charge is 0.233 e. The third-order valence-electron chi connectivity index (χ3n) is 2.97. The number of hydrogen-bond acceptors (Lipinski definition) is 4. The lowest BCUT2D eigenvalue weighted by Gasteiger charge is -2.23. The minimum atomic E-state index is 0.187. The maximum absolute atomic E-state index is 11.9. The van der Waals surface area contributed by atoms with Gasteiger partial charge < -0.3 is 9.88 Å². The van der Waals surface area contributed by atoms with Gasteiger partial charge in [0, 0.05) is 24.9 Å². The number of nitrogens with one attached hydrogen (secondary N) is 1. The Morgan fingerprint density at radius 1 is 1.56 bits per heavy atom. The number of aromatic nitrogens is 2. The molecule has 1 N–H and O–H groups in total. The van der Waals surface area contributed by atoms with E-state index < -0.39 is 0 Å². The summed E-state index contributed by atoms with van der Waals surface area (Å²) in [6.45, 7) is 0.745. The molecule has 0 spiro atoms. The van der Waals surface area contributed by atoms with Crippen molar-refractivity contribution in [2.45, 2.75) is 11.8 Å². The molecule has 0 radical (unpaired) electrons. The lowest BCUT2D eigenvalue weighted by molar-refractivity contribution is -0.128. The van der Waals surface area contributed by atoms with Gasteiger partial charge in [0.2, 0.25) is 5.91 Å². The Bertz CT molecular complexity index is 509. The van der Waals surface area contributed by atoms with Crippen molar-refractivity contribution in [1.29, 1.82) is 0 Å². The zero-order valence-electron chi connectivity index (χ0n) is 9.70. The van der Waals surface area contributed by atoms with Gasteiger partial charge in [-0.25, -0.2) is 4.98 Å². The second-order valence-electron chi connectivity index (χ2n) is 4.13. The molecule has 2 aromatic heterocycles. The van der Waals surface area contributed by atoms with Crippen LogP contribution in [0.3, 0.4) is 0 Å². The molecule has 1 saturated heterocycles. The van der Waals surface area contributed by atoms with E-state index in [0.717, 1.165) is 18.7 Å². The van der Waals surface area contributed by atoms with Crippen molar-refractivity contribution < 1.29 is 4.79 Å². The minimum Gasteiger partial charge on any atom is -0.348 e. The summed E-state index contributed by atoms with van der Waals surface area (Å²) < 4.78 is 0. The van der Waals surface area contributed by atoms with Gasteiger partial charge in [-0.3, -0.25) is 4.79 Å². The predicted molar refractivity (Wildman–Crippen MR) is 73.5 cm³/mol. The van der Waals surface area contributed by atoms with Crippen LogP contribution in [0.1, 0.15) is 16.6 Å². The topological polar surface area (TPSA) is 49.0 Å². The zero-order valence-corrected chi connectivity index (χ0v) is 11.3. The van der Waals surface area contributed by atoms with Crippen LogP contribution in [0.2, 0.25) is 0 Å². The van der Waals surface area contributed by atoms with E-state index >= 15 is 0 Å². The van der Waals surface area contributed by atoms with Crippen LogP contribution in [0.4, 0.5) is 0 Å². The van der Waals surface area contributed by atoms with Crippen molar-refractivity contribution in [2.24, 2.45) is 0 Å². The lowest BCUT2D eigenvalue weighted by Crippen LogP contribution is -2.30. The molecular weight excluding hydrogens is 266 g/mol. The Labute approximate surface area is 113 Å². The van der Waals surface area contributed by atoms with Crippen molar-refractivity contribution in [3.63, 3.8) is 0 Å². The SMILES string of the molecule is O=C1CSC(c2ccsc2)N1CCc1cnc[nH]1. The predicted octanol–water partition coefficient (Wildman–Crippen LogP) is 2.29. The fourth-order valence-electron chi connectivity index (χ4n) is 2.05. The number of carbonyl (C=O) groups excluding carboxylic acids is 1. The molecule has 1 unspecified atom stereocenters. The largest absolute Gasteiger partial charge is 0.348 e. The summed E-state index contributed by atoms with van der Waals surface area (Å²) >= 11 is 3.39. The summed E-state index contributed by atoms with van der Waals surface area (Å²) in [7, 11) is 0. The minimum absolute atomic E-state index is 0.187. The van der Waals surface area contributed by atoms with Gasteiger partial charge >= 0.3 is 0 Å². The number of aromatic amines is 1. The Balaban J connectivity index is 1.70. The standard InChI is InChI=1S/C12H13N3OS2/c16-11-7-18-12(9-2-4-17-6-9)15(11)3-1-10-5-13-8-14-10/h2,4-6,8,12H,1,3,7H2,(H,13,14). The highest BCUT2D eigenvalue weighted by molar-refractivity contribution is 8.00. The average molecular weight is 279 g/mol. The second kappa shape index (κ2) is 5.16. The monoisotopic (exact) mass is 279 g/mol. The first kappa shape index (κ1) is 11.8. The first-order chi connectivity index (χ1) is 8.84. The fourth-order valence-corrected chi connectivity index (χ4v) is 4.02. The Hall–Kier alpha value is -1.27. The summed E-state index contributed by atoms with van der Waals surface area (Å²) in [5.41, 5.74) is 2.31. The average Bonchev–Trinajstić information content (AvgIpc) is 3.08. The first-order valence-electron chi connectivity index (χ1n) is 5.75. The van der Waals surface area contributed by atoms with E-state index in [1.165, 1.54) is 5.56 Å². The van der Waals surface area contributed by atoms with E-state index in [1.807, 2.05) is 11.1 Å². The molecule has 6 heteroatoms. The highest BCUT2D eigenvalue weighted by Gasteiger charge is 2.32. The Kier molecular flexibility index (Phi) is 3.38. The quantitative estimate of drug-likeness (QED) is 0.934. The number of rotatable bonds is 4. The van der Waals surface area contributed by atoms with Gasteiger partial charge in [-0.15, -0.1) is 11.8 Å². The first-order valence-corrected chi connectivity index (χ1v) is 7.74. The summed E-state index contributed by atoms with van der Waals surface area (Å²) in [6.07, 6.45) is 4.31. The van der Waals surface area contributed by atoms with Gasteiger partial charge in [-0.1, -0.05) is 0 Å². The molecule has 0 bridgehead atoms. The van der Waals surface area contributed by atoms with Crippen molar-refractivity contribution in [3.05, 3.63) is 40.6 Å². The molecule has 4 nitrogen and oxygen atoms in total. The van der Waals surface area contributed by atoms with Crippen LogP contribution >= 0.6 is 23.1 Å². The molecule has 1 fully saturated rings. The number of thioether (sulfide) groups is 1. The second-order valence-corrected chi connectivity index (χ2v) is 5.98. The van der Waals surface area contributed by atoms with E-state index in [9.17, 15) is 4.79 Å². The molecule has 18 heavy (non-hydrogen) atoms. The molecule has 0 saturated carbocycles. The maximum atomic E-state index is 11.9. The summed E-state index contributed by atoms with van der Waals surface area (Å²) in [4.78, 5) is 21.0. The Morgan fingerprint density at radius 2 is 2.50 bits per heavy atom. The highest BCUT2D eigenvalue weighted by Crippen LogP contribution is 2.39. The van der Waals surface area contributed by atoms with Gasteiger partial charge in [-0.05, 0) is 22.4 Å². The van der Waals surface area contributed by atoms with Crippen LogP contribution < -0.4 is 0 Å². The molecule has 94 valence electrons. The fraction of sp³-hybridized carbons (Fsp3) is 0.333. The van der Waals surface area contributed by atoms with E-state index in [2.05, 4.69) is 26.8 Å². The highest BCUT2D eigenvalue weighted by atomic mass is 32.2. The van der Waals surface area contributed by atoms with Crippen LogP contribution in [0.25, 0.3) is 0 Å². The third-order valence-corrected chi connectivity index (χ3v) is 4.93. The van der Waals surface area contributed by atoms with E-state index in [1.54, 1.807) is 29.4 Å². The molecule has 1 amide bonds. The van der Waals surface area contributed by atoms with Crippen molar-refractivity contribution in [2.75, 3.05) is 12.3 Å². The maximum Gasteiger partial charge on any atom is 0.233 e. The molecule has 0 aliphatic carbocycles. The number of hydrogen-bond donors (Lipinski definition) is 1. The van der Waals surface area contributed by atoms with Gasteiger partial charge in [0.25, 0.3) is 0 Å². The van der Waals surface area contributed by atoms with Crippen LogP contribution in [0.5, 0.6) is 0 Å². The van der Waals surface area contributed by atoms with Crippen LogP contribution in [-0.4, -0.2) is 33.1 Å². The molecule has 0 aromatic carbocycles. The number of H-pyrrole nitrogens is 1. The molecule has 3 heterocycles. The van der Waals surface area contributed by atoms with Crippen molar-refractivity contribution in [3.8, 4) is 0 Å².